The Morgan fingerprint density at radius 3 is 3.20 bits per heavy atom. The van der Waals surface area contributed by atoms with Gasteiger partial charge in [-0.3, -0.25) is 0 Å². The molecule has 0 fully saturated rings. The van der Waals surface area contributed by atoms with Gasteiger partial charge in [0.1, 0.15) is 11.6 Å². The number of nitrogens with one attached hydrogen (secondary N) is 1. The Hall–Kier alpha value is -2.08. The molecule has 0 atom stereocenters. The Balaban J connectivity index is 1.43. The maximum atomic E-state index is 5.50. The van der Waals surface area contributed by atoms with Crippen LogP contribution in [0.25, 0.3) is 0 Å². The van der Waals surface area contributed by atoms with Crippen molar-refractivity contribution in [3.63, 3.8) is 0 Å². The average molecular weight is 272 g/mol. The first-order valence-electron chi connectivity index (χ1n) is 6.91. The molecule has 1 N–H and O–H groups in total. The van der Waals surface area contributed by atoms with Gasteiger partial charge in [-0.25, -0.2) is 0 Å². The van der Waals surface area contributed by atoms with Crippen molar-refractivity contribution in [3.8, 4) is 11.5 Å². The minimum atomic E-state index is 0.310. The molecule has 6 nitrogen and oxygen atoms in total. The highest BCUT2D eigenvalue weighted by Crippen LogP contribution is 2.35. The maximum Gasteiger partial charge on any atom is 0.231 e. The molecule has 0 spiro atoms. The van der Waals surface area contributed by atoms with Crippen molar-refractivity contribution in [1.82, 2.24) is 20.1 Å². The molecule has 0 amide bonds. The van der Waals surface area contributed by atoms with Gasteiger partial charge in [-0.2, -0.15) is 0 Å². The third kappa shape index (κ3) is 1.92. The van der Waals surface area contributed by atoms with Crippen LogP contribution in [0, 0.1) is 0 Å². The topological polar surface area (TPSA) is 61.2 Å². The first-order chi connectivity index (χ1) is 9.92. The van der Waals surface area contributed by atoms with E-state index in [-0.39, 0.29) is 0 Å². The minimum absolute atomic E-state index is 0.310. The highest BCUT2D eigenvalue weighted by Gasteiger charge is 2.18. The van der Waals surface area contributed by atoms with Crippen LogP contribution in [-0.4, -0.2) is 21.6 Å². The average Bonchev–Trinajstić information content (AvgIpc) is 3.15. The van der Waals surface area contributed by atoms with Gasteiger partial charge in [0.25, 0.3) is 0 Å². The monoisotopic (exact) mass is 272 g/mol. The molecule has 6 heteroatoms. The van der Waals surface area contributed by atoms with Gasteiger partial charge < -0.3 is 19.4 Å². The second-order valence-corrected chi connectivity index (χ2v) is 5.04. The van der Waals surface area contributed by atoms with Gasteiger partial charge in [-0.05, 0) is 12.5 Å². The van der Waals surface area contributed by atoms with Gasteiger partial charge in [0.2, 0.25) is 6.79 Å². The molecule has 0 bridgehead atoms. The molecule has 0 unspecified atom stereocenters. The summed E-state index contributed by atoms with van der Waals surface area (Å²) in [6.07, 6.45) is 2.22. The smallest absolute Gasteiger partial charge is 0.231 e. The third-order valence-corrected chi connectivity index (χ3v) is 3.76. The fourth-order valence-corrected chi connectivity index (χ4v) is 2.78. The Kier molecular flexibility index (Phi) is 2.81. The first kappa shape index (κ1) is 11.7. The van der Waals surface area contributed by atoms with Crippen molar-refractivity contribution in [2.24, 2.45) is 0 Å². The quantitative estimate of drug-likeness (QED) is 0.907. The highest BCUT2D eigenvalue weighted by atomic mass is 16.7. The van der Waals surface area contributed by atoms with E-state index in [4.69, 9.17) is 9.47 Å². The fraction of sp³-hybridized carbons (Fsp3) is 0.429. The number of benzene rings is 1. The standard InChI is InChI=1S/C14H16N4O2/c1-3-10(14-11(4-1)19-9-20-14)7-15-8-13-17-16-12-5-2-6-18(12)13/h1,3-4,15H,2,5-9H2. The van der Waals surface area contributed by atoms with E-state index in [1.54, 1.807) is 0 Å². The molecular formula is C14H16N4O2. The molecule has 20 heavy (non-hydrogen) atoms. The lowest BCUT2D eigenvalue weighted by Gasteiger charge is -2.08. The van der Waals surface area contributed by atoms with E-state index in [1.165, 1.54) is 6.42 Å². The highest BCUT2D eigenvalue weighted by molar-refractivity contribution is 5.48. The summed E-state index contributed by atoms with van der Waals surface area (Å²) in [6.45, 7) is 2.80. The molecule has 0 aliphatic carbocycles. The molecule has 3 heterocycles. The summed E-state index contributed by atoms with van der Waals surface area (Å²) in [5.74, 6) is 3.81. The zero-order chi connectivity index (χ0) is 13.4. The van der Waals surface area contributed by atoms with E-state index in [0.29, 0.717) is 6.79 Å². The molecule has 0 radical (unpaired) electrons. The van der Waals surface area contributed by atoms with Crippen molar-refractivity contribution >= 4 is 0 Å². The van der Waals surface area contributed by atoms with E-state index < -0.39 is 0 Å². The summed E-state index contributed by atoms with van der Waals surface area (Å²) in [7, 11) is 0. The third-order valence-electron chi connectivity index (χ3n) is 3.76. The van der Waals surface area contributed by atoms with Crippen molar-refractivity contribution in [2.75, 3.05) is 6.79 Å². The second kappa shape index (κ2) is 4.79. The van der Waals surface area contributed by atoms with Crippen LogP contribution in [0.5, 0.6) is 11.5 Å². The summed E-state index contributed by atoms with van der Waals surface area (Å²) in [6, 6.07) is 5.96. The Morgan fingerprint density at radius 1 is 1.20 bits per heavy atom. The van der Waals surface area contributed by atoms with Gasteiger partial charge >= 0.3 is 0 Å². The van der Waals surface area contributed by atoms with Crippen molar-refractivity contribution in [3.05, 3.63) is 35.4 Å². The summed E-state index contributed by atoms with van der Waals surface area (Å²) < 4.78 is 13.1. The Bertz CT molecular complexity index is 638. The van der Waals surface area contributed by atoms with Crippen LogP contribution in [-0.2, 0) is 26.1 Å². The number of rotatable bonds is 4. The SMILES string of the molecule is c1cc(CNCc2nnc3n2CCC3)c2c(c1)OCO2. The fourth-order valence-electron chi connectivity index (χ4n) is 2.78. The van der Waals surface area contributed by atoms with Gasteiger partial charge in [0.15, 0.2) is 11.5 Å². The molecule has 104 valence electrons. The van der Waals surface area contributed by atoms with Gasteiger partial charge in [-0.15, -0.1) is 10.2 Å². The zero-order valence-corrected chi connectivity index (χ0v) is 11.1. The lowest BCUT2D eigenvalue weighted by Crippen LogP contribution is -2.16. The number of nitrogens with zero attached hydrogens (tertiary/aromatic N) is 3. The zero-order valence-electron chi connectivity index (χ0n) is 11.1. The molecule has 0 saturated carbocycles. The van der Waals surface area contributed by atoms with E-state index >= 15 is 0 Å². The molecular weight excluding hydrogens is 256 g/mol. The van der Waals surface area contributed by atoms with E-state index in [1.807, 2.05) is 12.1 Å². The van der Waals surface area contributed by atoms with E-state index in [0.717, 1.165) is 54.8 Å². The normalized spacial score (nSPS) is 15.6. The largest absolute Gasteiger partial charge is 0.454 e. The molecule has 2 aromatic rings. The number of hydrogen-bond donors (Lipinski definition) is 1. The molecule has 4 rings (SSSR count). The Labute approximate surface area is 116 Å². The Morgan fingerprint density at radius 2 is 2.20 bits per heavy atom. The number of aromatic nitrogens is 3. The van der Waals surface area contributed by atoms with Gasteiger partial charge in [0, 0.05) is 25.1 Å². The minimum Gasteiger partial charge on any atom is -0.454 e. The predicted molar refractivity (Wildman–Crippen MR) is 71.5 cm³/mol. The summed E-state index contributed by atoms with van der Waals surface area (Å²) >= 11 is 0. The number of hydrogen-bond acceptors (Lipinski definition) is 5. The van der Waals surface area contributed by atoms with Crippen molar-refractivity contribution in [2.45, 2.75) is 32.5 Å². The molecule has 1 aromatic carbocycles. The summed E-state index contributed by atoms with van der Waals surface area (Å²) in [5, 5.41) is 11.8. The van der Waals surface area contributed by atoms with Crippen LogP contribution in [0.4, 0.5) is 0 Å². The maximum absolute atomic E-state index is 5.50. The second-order valence-electron chi connectivity index (χ2n) is 5.04. The van der Waals surface area contributed by atoms with Crippen molar-refractivity contribution < 1.29 is 9.47 Å². The molecule has 0 saturated heterocycles. The lowest BCUT2D eigenvalue weighted by molar-refractivity contribution is 0.173. The predicted octanol–water partition coefficient (Wildman–Crippen LogP) is 1.24. The van der Waals surface area contributed by atoms with Crippen LogP contribution < -0.4 is 14.8 Å². The van der Waals surface area contributed by atoms with Crippen LogP contribution in [0.1, 0.15) is 23.6 Å². The van der Waals surface area contributed by atoms with E-state index in [9.17, 15) is 0 Å². The molecule has 2 aliphatic heterocycles. The first-order valence-corrected chi connectivity index (χ1v) is 6.91. The number of aryl methyl sites for hydroxylation is 1. The molecule has 2 aliphatic rings. The van der Waals surface area contributed by atoms with Gasteiger partial charge in [-0.1, -0.05) is 12.1 Å². The summed E-state index contributed by atoms with van der Waals surface area (Å²) in [4.78, 5) is 0. The van der Waals surface area contributed by atoms with Crippen LogP contribution in [0.3, 0.4) is 0 Å². The number of fused-ring (bicyclic) bond motifs is 2. The lowest BCUT2D eigenvalue weighted by atomic mass is 10.2. The van der Waals surface area contributed by atoms with Crippen LogP contribution in [0.15, 0.2) is 18.2 Å². The van der Waals surface area contributed by atoms with Crippen LogP contribution >= 0.6 is 0 Å². The van der Waals surface area contributed by atoms with Crippen LogP contribution in [0.2, 0.25) is 0 Å². The number of para-hydroxylation sites is 1. The number of ether oxygens (including phenoxy) is 2. The van der Waals surface area contributed by atoms with Gasteiger partial charge in [0.05, 0.1) is 6.54 Å². The van der Waals surface area contributed by atoms with Crippen molar-refractivity contribution in [1.29, 1.82) is 0 Å². The molecule has 1 aromatic heterocycles. The summed E-state index contributed by atoms with van der Waals surface area (Å²) in [5.41, 5.74) is 1.11. The van der Waals surface area contributed by atoms with E-state index in [2.05, 4.69) is 26.1 Å².